The highest BCUT2D eigenvalue weighted by atomic mass is 32.2. The molecule has 0 saturated heterocycles. The Kier molecular flexibility index (Phi) is 6.63. The normalized spacial score (nSPS) is 11.2. The molecule has 2 N–H and O–H groups in total. The molecule has 1 heterocycles. The highest BCUT2D eigenvalue weighted by Gasteiger charge is 2.25. The molecular weight excluding hydrogens is 421 g/mol. The van der Waals surface area contributed by atoms with Crippen LogP contribution in [0.3, 0.4) is 0 Å². The Hall–Kier alpha value is -3.05. The van der Waals surface area contributed by atoms with Gasteiger partial charge in [0.1, 0.15) is 11.6 Å². The van der Waals surface area contributed by atoms with E-state index in [0.717, 1.165) is 0 Å². The summed E-state index contributed by atoms with van der Waals surface area (Å²) in [5, 5.41) is 2.79. The molecule has 3 aromatic rings. The third-order valence-electron chi connectivity index (χ3n) is 4.38. The van der Waals surface area contributed by atoms with Crippen molar-refractivity contribution < 1.29 is 26.4 Å². The van der Waals surface area contributed by atoms with Gasteiger partial charge in [-0.15, -0.1) is 0 Å². The molecule has 0 fully saturated rings. The lowest BCUT2D eigenvalue weighted by Crippen LogP contribution is -2.15. The average molecular weight is 438 g/mol. The monoisotopic (exact) mass is 438 g/mol. The number of anilines is 1. The van der Waals surface area contributed by atoms with Crippen LogP contribution >= 0.6 is 0 Å². The number of thiol groups is 1. The first-order valence-corrected chi connectivity index (χ1v) is 10.0. The number of rotatable bonds is 8. The summed E-state index contributed by atoms with van der Waals surface area (Å²) in [7, 11) is -1.18. The summed E-state index contributed by atoms with van der Waals surface area (Å²) in [4.78, 5) is 21.2. The summed E-state index contributed by atoms with van der Waals surface area (Å²) in [5.74, 6) is -4.73. The van der Waals surface area contributed by atoms with Crippen molar-refractivity contribution in [3.8, 4) is 0 Å². The van der Waals surface area contributed by atoms with Crippen LogP contribution in [0.15, 0.2) is 30.5 Å². The van der Waals surface area contributed by atoms with Crippen LogP contribution in [0.25, 0.3) is 11.0 Å². The molecule has 0 atom stereocenters. The van der Waals surface area contributed by atoms with Gasteiger partial charge < -0.3 is 5.32 Å². The minimum atomic E-state index is -2.81. The van der Waals surface area contributed by atoms with Gasteiger partial charge in [0, 0.05) is 19.2 Å². The van der Waals surface area contributed by atoms with Crippen molar-refractivity contribution in [1.82, 2.24) is 14.7 Å². The Morgan fingerprint density at radius 2 is 1.87 bits per heavy atom. The number of carbonyl (C=O) groups excluding carboxylic acids is 1. The van der Waals surface area contributed by atoms with E-state index in [0.29, 0.717) is 22.9 Å². The summed E-state index contributed by atoms with van der Waals surface area (Å²) < 4.78 is 66.4. The number of fused-ring (bicyclic) bond motifs is 1. The number of carbonyl (C=O) groups is 1. The standard InChI is InChI=1S/C19H17F3N4O3S/c1-23-15-9-24-13-5-4-11(8-14(13)26-15)19(27)16-17(21)10(7-12(20)18(16)22)3-2-6-25-30(28)29/h4-5,7-9,30H,2-3,6H2,1H3,(H,23,26)(H,25,28,29). The van der Waals surface area contributed by atoms with Gasteiger partial charge in [-0.1, -0.05) is 0 Å². The number of aryl methyl sites for hydroxylation is 1. The Labute approximate surface area is 171 Å². The minimum Gasteiger partial charge on any atom is -0.372 e. The molecule has 11 heteroatoms. The van der Waals surface area contributed by atoms with Gasteiger partial charge in [0.2, 0.25) is 10.9 Å². The second-order valence-corrected chi connectivity index (χ2v) is 7.16. The fraction of sp³-hybridized carbons (Fsp3) is 0.211. The molecular formula is C19H17F3N4O3S. The van der Waals surface area contributed by atoms with E-state index < -0.39 is 39.7 Å². The summed E-state index contributed by atoms with van der Waals surface area (Å²) in [5.41, 5.74) is -0.522. The van der Waals surface area contributed by atoms with E-state index in [9.17, 15) is 26.4 Å². The molecule has 158 valence electrons. The van der Waals surface area contributed by atoms with Gasteiger partial charge in [0.05, 0.1) is 22.8 Å². The molecule has 3 rings (SSSR count). The van der Waals surface area contributed by atoms with Crippen LogP contribution in [0.1, 0.15) is 27.9 Å². The van der Waals surface area contributed by atoms with E-state index in [1.807, 2.05) is 0 Å². The van der Waals surface area contributed by atoms with Gasteiger partial charge >= 0.3 is 0 Å². The van der Waals surface area contributed by atoms with Gasteiger partial charge in [-0.25, -0.2) is 31.3 Å². The minimum absolute atomic E-state index is 0.00242. The molecule has 0 aliphatic carbocycles. The van der Waals surface area contributed by atoms with Crippen LogP contribution in [-0.4, -0.2) is 37.8 Å². The van der Waals surface area contributed by atoms with Crippen LogP contribution in [0.2, 0.25) is 0 Å². The number of ketones is 1. The predicted molar refractivity (Wildman–Crippen MR) is 105 cm³/mol. The molecule has 2 aromatic carbocycles. The fourth-order valence-electron chi connectivity index (χ4n) is 2.90. The highest BCUT2D eigenvalue weighted by Crippen LogP contribution is 2.25. The molecule has 1 aromatic heterocycles. The number of halogens is 3. The van der Waals surface area contributed by atoms with Crippen LogP contribution in [0.5, 0.6) is 0 Å². The SMILES string of the molecule is CNc1cnc2ccc(C(=O)c3c(F)c(F)cc(CCCN[SH](=O)=O)c3F)cc2n1. The molecule has 0 bridgehead atoms. The van der Waals surface area contributed by atoms with E-state index in [-0.39, 0.29) is 30.5 Å². The van der Waals surface area contributed by atoms with Crippen molar-refractivity contribution in [3.63, 3.8) is 0 Å². The van der Waals surface area contributed by atoms with Crippen LogP contribution in [0, 0.1) is 17.5 Å². The Balaban J connectivity index is 1.97. The highest BCUT2D eigenvalue weighted by molar-refractivity contribution is 7.70. The first-order chi connectivity index (χ1) is 14.3. The quantitative estimate of drug-likeness (QED) is 0.216. The van der Waals surface area contributed by atoms with E-state index in [1.165, 1.54) is 24.4 Å². The second kappa shape index (κ2) is 9.18. The van der Waals surface area contributed by atoms with Crippen molar-refractivity contribution in [2.45, 2.75) is 12.8 Å². The van der Waals surface area contributed by atoms with Gasteiger partial charge in [-0.3, -0.25) is 9.78 Å². The van der Waals surface area contributed by atoms with Gasteiger partial charge in [0.15, 0.2) is 17.4 Å². The average Bonchev–Trinajstić information content (AvgIpc) is 2.73. The number of aromatic nitrogens is 2. The van der Waals surface area contributed by atoms with E-state index in [2.05, 4.69) is 20.0 Å². The molecule has 0 unspecified atom stereocenters. The molecule has 7 nitrogen and oxygen atoms in total. The largest absolute Gasteiger partial charge is 0.372 e. The van der Waals surface area contributed by atoms with Crippen molar-refractivity contribution in [1.29, 1.82) is 0 Å². The fourth-order valence-corrected chi connectivity index (χ4v) is 3.24. The maximum absolute atomic E-state index is 14.9. The zero-order valence-corrected chi connectivity index (χ0v) is 16.6. The predicted octanol–water partition coefficient (Wildman–Crippen LogP) is 2.37. The zero-order valence-electron chi connectivity index (χ0n) is 15.7. The maximum atomic E-state index is 14.9. The van der Waals surface area contributed by atoms with E-state index in [1.54, 1.807) is 7.05 Å². The molecule has 0 saturated carbocycles. The Bertz CT molecular complexity index is 1190. The molecule has 0 amide bonds. The first kappa shape index (κ1) is 21.7. The molecule has 0 aliphatic heterocycles. The van der Waals surface area contributed by atoms with Crippen molar-refractivity contribution in [3.05, 3.63) is 64.6 Å². The summed E-state index contributed by atoms with van der Waals surface area (Å²) >= 11 is 0. The number of nitrogens with zero attached hydrogens (tertiary/aromatic N) is 2. The second-order valence-electron chi connectivity index (χ2n) is 6.33. The lowest BCUT2D eigenvalue weighted by molar-refractivity contribution is 0.102. The summed E-state index contributed by atoms with van der Waals surface area (Å²) in [6, 6.07) is 4.80. The third-order valence-corrected chi connectivity index (χ3v) is 4.86. The molecule has 0 radical (unpaired) electrons. The van der Waals surface area contributed by atoms with E-state index in [4.69, 9.17) is 0 Å². The number of nitrogens with one attached hydrogen (secondary N) is 2. The van der Waals surface area contributed by atoms with Crippen molar-refractivity contribution >= 4 is 33.5 Å². The van der Waals surface area contributed by atoms with Crippen molar-refractivity contribution in [2.75, 3.05) is 18.9 Å². The number of benzene rings is 2. The zero-order chi connectivity index (χ0) is 21.8. The van der Waals surface area contributed by atoms with Gasteiger partial charge in [-0.05, 0) is 42.7 Å². The number of hydrogen-bond acceptors (Lipinski definition) is 6. The third kappa shape index (κ3) is 4.57. The lowest BCUT2D eigenvalue weighted by atomic mass is 9.97. The van der Waals surface area contributed by atoms with Crippen molar-refractivity contribution in [2.24, 2.45) is 0 Å². The smallest absolute Gasteiger partial charge is 0.201 e. The summed E-state index contributed by atoms with van der Waals surface area (Å²) in [6.45, 7) is -0.00242. The molecule has 30 heavy (non-hydrogen) atoms. The molecule has 0 spiro atoms. The Morgan fingerprint density at radius 3 is 2.57 bits per heavy atom. The van der Waals surface area contributed by atoms with E-state index >= 15 is 0 Å². The van der Waals surface area contributed by atoms with Crippen LogP contribution in [0.4, 0.5) is 19.0 Å². The maximum Gasteiger partial charge on any atom is 0.201 e. The summed E-state index contributed by atoms with van der Waals surface area (Å²) in [6.07, 6.45) is 1.53. The Morgan fingerprint density at radius 1 is 1.10 bits per heavy atom. The lowest BCUT2D eigenvalue weighted by Gasteiger charge is -2.11. The van der Waals surface area contributed by atoms with Crippen LogP contribution < -0.4 is 10.0 Å². The first-order valence-electron chi connectivity index (χ1n) is 8.85. The topological polar surface area (TPSA) is 101 Å². The van der Waals surface area contributed by atoms with Gasteiger partial charge in [0.25, 0.3) is 0 Å². The van der Waals surface area contributed by atoms with Gasteiger partial charge in [-0.2, -0.15) is 0 Å². The molecule has 0 aliphatic rings. The van der Waals surface area contributed by atoms with Crippen LogP contribution in [-0.2, 0) is 17.3 Å². The number of hydrogen-bond donors (Lipinski definition) is 3.